The maximum absolute atomic E-state index is 12.1. The maximum atomic E-state index is 12.1. The Morgan fingerprint density at radius 2 is 0.846 bits per heavy atom. The van der Waals surface area contributed by atoms with Crippen molar-refractivity contribution in [2.24, 2.45) is 17.8 Å². The second kappa shape index (κ2) is 22.1. The van der Waals surface area contributed by atoms with Gasteiger partial charge in [-0.25, -0.2) is 0 Å². The van der Waals surface area contributed by atoms with E-state index >= 15 is 0 Å². The normalized spacial score (nSPS) is 29.5. The molecule has 1 aromatic carbocycles. The van der Waals surface area contributed by atoms with Gasteiger partial charge in [-0.15, -0.1) is 0 Å². The topological polar surface area (TPSA) is 47.9 Å². The average Bonchev–Trinajstić information content (AvgIpc) is 3.17. The van der Waals surface area contributed by atoms with Crippen LogP contribution in [0.1, 0.15) is 234 Å². The molecular formula is C48H84O4. The summed E-state index contributed by atoms with van der Waals surface area (Å²) in [5.41, 5.74) is -0.741. The van der Waals surface area contributed by atoms with Crippen molar-refractivity contribution in [1.29, 1.82) is 0 Å². The molecule has 0 spiro atoms. The molecule has 3 saturated carbocycles. The standard InChI is InChI=1S/C48H84O4/c1-7-13-25-39-28-19-22-36-46(39,33-16-10-4)50-43-32-31-42(49)44(51-47(34-17-11-5)37-23-20-29-40(47)26-14-8-2)45(43)52-48(35-18-12-6)38-24-21-30-41(48)27-15-9-3/h31-32,39-41,49H,7-30,33-38H2,1-6H3. The molecular weight excluding hydrogens is 641 g/mol. The highest BCUT2D eigenvalue weighted by molar-refractivity contribution is 5.59. The second-order valence-corrected chi connectivity index (χ2v) is 17.8. The molecule has 4 heteroatoms. The summed E-state index contributed by atoms with van der Waals surface area (Å²) >= 11 is 0. The van der Waals surface area contributed by atoms with Gasteiger partial charge in [-0.05, 0) is 145 Å². The Balaban J connectivity index is 1.91. The van der Waals surface area contributed by atoms with Crippen LogP contribution in [0.5, 0.6) is 23.0 Å². The zero-order valence-electron chi connectivity index (χ0n) is 35.3. The average molecular weight is 725 g/mol. The molecule has 3 fully saturated rings. The monoisotopic (exact) mass is 725 g/mol. The van der Waals surface area contributed by atoms with E-state index in [2.05, 4.69) is 47.6 Å². The summed E-state index contributed by atoms with van der Waals surface area (Å²) in [5, 5.41) is 12.1. The summed E-state index contributed by atoms with van der Waals surface area (Å²) < 4.78 is 23.1. The van der Waals surface area contributed by atoms with Gasteiger partial charge in [0.1, 0.15) is 16.8 Å². The second-order valence-electron chi connectivity index (χ2n) is 17.8. The summed E-state index contributed by atoms with van der Waals surface area (Å²) in [5.74, 6) is 3.97. The van der Waals surface area contributed by atoms with Crippen molar-refractivity contribution in [2.45, 2.75) is 251 Å². The van der Waals surface area contributed by atoms with E-state index in [0.717, 1.165) is 75.7 Å². The molecule has 1 N–H and O–H groups in total. The van der Waals surface area contributed by atoms with Crippen molar-refractivity contribution in [2.75, 3.05) is 0 Å². The summed E-state index contributed by atoms with van der Waals surface area (Å²) in [4.78, 5) is 0. The number of aromatic hydroxyl groups is 1. The molecule has 0 amide bonds. The van der Waals surface area contributed by atoms with Gasteiger partial charge in [-0.1, -0.05) is 119 Å². The van der Waals surface area contributed by atoms with Crippen LogP contribution < -0.4 is 14.2 Å². The SMILES string of the molecule is CCCCC1CCCCC1(CCCC)Oc1ccc(O)c(OC2(CCCC)CCCCC2CCCC)c1OC1(CCCC)CCCCC1CCCC. The van der Waals surface area contributed by atoms with Gasteiger partial charge in [0.2, 0.25) is 11.5 Å². The number of rotatable bonds is 24. The molecule has 0 heterocycles. The molecule has 0 saturated heterocycles. The fourth-order valence-electron chi connectivity index (χ4n) is 10.8. The van der Waals surface area contributed by atoms with Crippen molar-refractivity contribution >= 4 is 0 Å². The van der Waals surface area contributed by atoms with Gasteiger partial charge in [0.15, 0.2) is 11.5 Å². The third-order valence-electron chi connectivity index (χ3n) is 14.0. The molecule has 0 bridgehead atoms. The van der Waals surface area contributed by atoms with Gasteiger partial charge >= 0.3 is 0 Å². The van der Waals surface area contributed by atoms with Gasteiger partial charge in [0, 0.05) is 0 Å². The Morgan fingerprint density at radius 3 is 1.23 bits per heavy atom. The van der Waals surface area contributed by atoms with Crippen LogP contribution in [0, 0.1) is 17.8 Å². The molecule has 300 valence electrons. The van der Waals surface area contributed by atoms with Gasteiger partial charge in [-0.2, -0.15) is 0 Å². The Labute approximate surface area is 322 Å². The molecule has 1 aromatic rings. The highest BCUT2D eigenvalue weighted by Crippen LogP contribution is 2.56. The van der Waals surface area contributed by atoms with Crippen LogP contribution in [0.3, 0.4) is 0 Å². The van der Waals surface area contributed by atoms with E-state index in [1.807, 2.05) is 6.07 Å². The van der Waals surface area contributed by atoms with Crippen molar-refractivity contribution in [3.8, 4) is 23.0 Å². The summed E-state index contributed by atoms with van der Waals surface area (Å²) in [7, 11) is 0. The highest BCUT2D eigenvalue weighted by atomic mass is 16.6. The van der Waals surface area contributed by atoms with E-state index in [0.29, 0.717) is 23.5 Å². The molecule has 6 unspecified atom stereocenters. The van der Waals surface area contributed by atoms with Crippen LogP contribution in [0.25, 0.3) is 0 Å². The number of ether oxygens (including phenoxy) is 3. The van der Waals surface area contributed by atoms with Crippen molar-refractivity contribution < 1.29 is 19.3 Å². The van der Waals surface area contributed by atoms with Gasteiger partial charge in [0.25, 0.3) is 0 Å². The number of phenolic OH excluding ortho intramolecular Hbond substituents is 1. The van der Waals surface area contributed by atoms with E-state index in [4.69, 9.17) is 14.2 Å². The van der Waals surface area contributed by atoms with Crippen LogP contribution in [0.15, 0.2) is 12.1 Å². The van der Waals surface area contributed by atoms with E-state index in [1.54, 1.807) is 0 Å². The number of phenols is 1. The summed E-state index contributed by atoms with van der Waals surface area (Å²) in [6.07, 6.45) is 35.7. The fraction of sp³-hybridized carbons (Fsp3) is 0.875. The lowest BCUT2D eigenvalue weighted by molar-refractivity contribution is -0.0673. The number of hydrogen-bond acceptors (Lipinski definition) is 4. The first-order valence-electron chi connectivity index (χ1n) is 23.3. The van der Waals surface area contributed by atoms with Gasteiger partial charge < -0.3 is 19.3 Å². The molecule has 6 atom stereocenters. The quantitative estimate of drug-likeness (QED) is 0.115. The van der Waals surface area contributed by atoms with Crippen LogP contribution >= 0.6 is 0 Å². The highest BCUT2D eigenvalue weighted by Gasteiger charge is 2.48. The Bertz CT molecular complexity index is 1130. The van der Waals surface area contributed by atoms with Crippen molar-refractivity contribution in [3.05, 3.63) is 12.1 Å². The maximum Gasteiger partial charge on any atom is 0.208 e. The third-order valence-corrected chi connectivity index (χ3v) is 14.0. The Kier molecular flexibility index (Phi) is 18.3. The van der Waals surface area contributed by atoms with Crippen LogP contribution in [-0.2, 0) is 0 Å². The lowest BCUT2D eigenvalue weighted by Crippen LogP contribution is -2.48. The van der Waals surface area contributed by atoms with Gasteiger partial charge in [-0.3, -0.25) is 0 Å². The van der Waals surface area contributed by atoms with E-state index in [-0.39, 0.29) is 22.6 Å². The number of hydrogen-bond donors (Lipinski definition) is 1. The predicted molar refractivity (Wildman–Crippen MR) is 221 cm³/mol. The molecule has 3 aliphatic carbocycles. The zero-order chi connectivity index (χ0) is 37.3. The summed E-state index contributed by atoms with van der Waals surface area (Å²) in [6, 6.07) is 3.96. The predicted octanol–water partition coefficient (Wildman–Crippen LogP) is 15.5. The first kappa shape index (κ1) is 43.2. The first-order chi connectivity index (χ1) is 25.4. The van der Waals surface area contributed by atoms with Crippen LogP contribution in [-0.4, -0.2) is 21.9 Å². The van der Waals surface area contributed by atoms with E-state index < -0.39 is 0 Å². The third kappa shape index (κ3) is 11.0. The fourth-order valence-corrected chi connectivity index (χ4v) is 10.8. The molecule has 4 nitrogen and oxygen atoms in total. The lowest BCUT2D eigenvalue weighted by atomic mass is 9.70. The van der Waals surface area contributed by atoms with Crippen molar-refractivity contribution in [3.63, 3.8) is 0 Å². The first-order valence-corrected chi connectivity index (χ1v) is 23.3. The smallest absolute Gasteiger partial charge is 0.208 e. The Morgan fingerprint density at radius 1 is 0.481 bits per heavy atom. The number of unbranched alkanes of at least 4 members (excludes halogenated alkanes) is 6. The van der Waals surface area contributed by atoms with Crippen LogP contribution in [0.2, 0.25) is 0 Å². The molecule has 3 aliphatic rings. The van der Waals surface area contributed by atoms with Crippen molar-refractivity contribution in [1.82, 2.24) is 0 Å². The minimum absolute atomic E-state index is 0.199. The van der Waals surface area contributed by atoms with E-state index in [1.165, 1.54) is 128 Å². The van der Waals surface area contributed by atoms with Gasteiger partial charge in [0.05, 0.1) is 0 Å². The minimum atomic E-state index is -0.281. The van der Waals surface area contributed by atoms with Crippen LogP contribution in [0.4, 0.5) is 0 Å². The molecule has 4 rings (SSSR count). The lowest BCUT2D eigenvalue weighted by Gasteiger charge is -2.48. The van der Waals surface area contributed by atoms with E-state index in [9.17, 15) is 5.11 Å². The number of benzene rings is 1. The largest absolute Gasteiger partial charge is 0.504 e. The Hall–Kier alpha value is -1.58. The summed E-state index contributed by atoms with van der Waals surface area (Å²) in [6.45, 7) is 13.9. The molecule has 0 aliphatic heterocycles. The minimum Gasteiger partial charge on any atom is -0.504 e. The molecule has 0 radical (unpaired) electrons. The molecule has 0 aromatic heterocycles. The molecule has 52 heavy (non-hydrogen) atoms. The zero-order valence-corrected chi connectivity index (χ0v) is 35.3.